The molecular weight excluding hydrogens is 290 g/mol. The topological polar surface area (TPSA) is 72.7 Å². The van der Waals surface area contributed by atoms with Crippen molar-refractivity contribution in [1.82, 2.24) is 25.3 Å². The number of hydrogen-bond acceptors (Lipinski definition) is 4. The zero-order chi connectivity index (χ0) is 16.2. The van der Waals surface area contributed by atoms with E-state index in [0.29, 0.717) is 12.2 Å². The molecule has 0 aliphatic rings. The summed E-state index contributed by atoms with van der Waals surface area (Å²) in [5.41, 5.74) is 2.23. The van der Waals surface area contributed by atoms with E-state index in [9.17, 15) is 4.79 Å². The number of amides is 1. The summed E-state index contributed by atoms with van der Waals surface area (Å²) < 4.78 is 1.83. The number of carbonyl (C=O) groups is 1. The molecular formula is C17H19N5O. The monoisotopic (exact) mass is 309 g/mol. The Bertz CT molecular complexity index is 797. The number of fused-ring (bicyclic) bond motifs is 1. The Balaban J connectivity index is 1.78. The maximum Gasteiger partial charge on any atom is 0.270 e. The summed E-state index contributed by atoms with van der Waals surface area (Å²) in [6.45, 7) is 4.71. The first-order valence-corrected chi connectivity index (χ1v) is 7.65. The Morgan fingerprint density at radius 2 is 1.96 bits per heavy atom. The quantitative estimate of drug-likeness (QED) is 0.785. The van der Waals surface area contributed by atoms with Crippen molar-refractivity contribution in [2.45, 2.75) is 26.4 Å². The van der Waals surface area contributed by atoms with Crippen molar-refractivity contribution in [3.8, 4) is 0 Å². The second kappa shape index (κ2) is 6.56. The number of aromatic nitrogens is 4. The van der Waals surface area contributed by atoms with E-state index in [0.717, 1.165) is 11.0 Å². The molecule has 3 aromatic rings. The molecule has 0 bridgehead atoms. The molecule has 3 rings (SSSR count). The molecule has 0 radical (unpaired) electrons. The van der Waals surface area contributed by atoms with E-state index in [1.807, 2.05) is 28.9 Å². The lowest BCUT2D eigenvalue weighted by Gasteiger charge is -2.22. The van der Waals surface area contributed by atoms with Gasteiger partial charge in [0, 0.05) is 6.20 Å². The largest absolute Gasteiger partial charge is 0.346 e. The van der Waals surface area contributed by atoms with Gasteiger partial charge in [-0.1, -0.05) is 37.3 Å². The number of hydrogen-bond donors (Lipinski definition) is 1. The molecule has 0 fully saturated rings. The van der Waals surface area contributed by atoms with Crippen LogP contribution in [0.2, 0.25) is 0 Å². The van der Waals surface area contributed by atoms with E-state index >= 15 is 0 Å². The molecule has 6 nitrogen and oxygen atoms in total. The standard InChI is InChI=1S/C17H19N5O/c1-12(2)15(19-17(23)14-8-5-6-10-18-14)11-22-16-9-4-3-7-13(16)20-21-22/h3-10,12,15H,11H2,1-2H3,(H,19,23)/t15-/m0/s1. The van der Waals surface area contributed by atoms with E-state index in [4.69, 9.17) is 0 Å². The molecule has 1 atom stereocenters. The van der Waals surface area contributed by atoms with Gasteiger partial charge in [0.05, 0.1) is 18.1 Å². The number of pyridine rings is 1. The van der Waals surface area contributed by atoms with Gasteiger partial charge in [0.2, 0.25) is 0 Å². The van der Waals surface area contributed by atoms with Crippen LogP contribution >= 0.6 is 0 Å². The smallest absolute Gasteiger partial charge is 0.270 e. The van der Waals surface area contributed by atoms with E-state index in [1.165, 1.54) is 0 Å². The highest BCUT2D eigenvalue weighted by molar-refractivity contribution is 5.92. The number of para-hydroxylation sites is 1. The lowest BCUT2D eigenvalue weighted by atomic mass is 10.0. The average molecular weight is 309 g/mol. The lowest BCUT2D eigenvalue weighted by molar-refractivity contribution is 0.0914. The summed E-state index contributed by atoms with van der Waals surface area (Å²) in [5, 5.41) is 11.4. The van der Waals surface area contributed by atoms with Gasteiger partial charge in [-0.05, 0) is 30.2 Å². The molecule has 1 amide bonds. The Kier molecular flexibility index (Phi) is 4.32. The van der Waals surface area contributed by atoms with E-state index in [-0.39, 0.29) is 17.9 Å². The molecule has 6 heteroatoms. The molecule has 0 saturated heterocycles. The third-order valence-corrected chi connectivity index (χ3v) is 3.81. The van der Waals surface area contributed by atoms with Crippen molar-refractivity contribution in [2.24, 2.45) is 5.92 Å². The van der Waals surface area contributed by atoms with Crippen molar-refractivity contribution in [1.29, 1.82) is 0 Å². The molecule has 0 saturated carbocycles. The van der Waals surface area contributed by atoms with Crippen molar-refractivity contribution < 1.29 is 4.79 Å². The first kappa shape index (κ1) is 15.1. The highest BCUT2D eigenvalue weighted by Gasteiger charge is 2.19. The predicted molar refractivity (Wildman–Crippen MR) is 87.9 cm³/mol. The molecule has 1 N–H and O–H groups in total. The molecule has 0 unspecified atom stereocenters. The van der Waals surface area contributed by atoms with Crippen LogP contribution < -0.4 is 5.32 Å². The fourth-order valence-corrected chi connectivity index (χ4v) is 2.40. The fraction of sp³-hybridized carbons (Fsp3) is 0.294. The lowest BCUT2D eigenvalue weighted by Crippen LogP contribution is -2.42. The number of rotatable bonds is 5. The van der Waals surface area contributed by atoms with Crippen LogP contribution in [0.1, 0.15) is 24.3 Å². The molecule has 23 heavy (non-hydrogen) atoms. The summed E-state index contributed by atoms with van der Waals surface area (Å²) in [6.07, 6.45) is 1.62. The van der Waals surface area contributed by atoms with Gasteiger partial charge in [-0.15, -0.1) is 5.10 Å². The third kappa shape index (κ3) is 3.36. The summed E-state index contributed by atoms with van der Waals surface area (Å²) >= 11 is 0. The van der Waals surface area contributed by atoms with Gasteiger partial charge in [-0.25, -0.2) is 4.68 Å². The van der Waals surface area contributed by atoms with Crippen LogP contribution in [0.5, 0.6) is 0 Å². The van der Waals surface area contributed by atoms with Crippen molar-refractivity contribution in [2.75, 3.05) is 0 Å². The van der Waals surface area contributed by atoms with E-state index < -0.39 is 0 Å². The van der Waals surface area contributed by atoms with Crippen LogP contribution in [-0.2, 0) is 6.54 Å². The van der Waals surface area contributed by atoms with Crippen molar-refractivity contribution in [3.05, 3.63) is 54.4 Å². The first-order valence-electron chi connectivity index (χ1n) is 7.65. The van der Waals surface area contributed by atoms with Gasteiger partial charge in [-0.3, -0.25) is 9.78 Å². The van der Waals surface area contributed by atoms with Gasteiger partial charge in [0.25, 0.3) is 5.91 Å². The number of nitrogens with one attached hydrogen (secondary N) is 1. The zero-order valence-corrected chi connectivity index (χ0v) is 13.2. The fourth-order valence-electron chi connectivity index (χ4n) is 2.40. The van der Waals surface area contributed by atoms with Gasteiger partial charge >= 0.3 is 0 Å². The van der Waals surface area contributed by atoms with E-state index in [2.05, 4.69) is 34.5 Å². The Labute approximate surface area is 134 Å². The minimum absolute atomic E-state index is 0.0605. The maximum atomic E-state index is 12.3. The van der Waals surface area contributed by atoms with Crippen LogP contribution in [0, 0.1) is 5.92 Å². The van der Waals surface area contributed by atoms with Gasteiger partial charge in [0.1, 0.15) is 11.2 Å². The molecule has 1 aromatic carbocycles. The SMILES string of the molecule is CC(C)[C@H](Cn1nnc2ccccc21)NC(=O)c1ccccn1. The van der Waals surface area contributed by atoms with Crippen LogP contribution in [-0.4, -0.2) is 31.9 Å². The zero-order valence-electron chi connectivity index (χ0n) is 13.2. The third-order valence-electron chi connectivity index (χ3n) is 3.81. The highest BCUT2D eigenvalue weighted by atomic mass is 16.1. The summed E-state index contributed by atoms with van der Waals surface area (Å²) in [4.78, 5) is 16.4. The van der Waals surface area contributed by atoms with Crippen molar-refractivity contribution in [3.63, 3.8) is 0 Å². The second-order valence-corrected chi connectivity index (χ2v) is 5.80. The molecule has 2 heterocycles. The summed E-state index contributed by atoms with van der Waals surface area (Å²) in [5.74, 6) is 0.0827. The number of carbonyl (C=O) groups excluding carboxylic acids is 1. The Morgan fingerprint density at radius 1 is 1.17 bits per heavy atom. The normalized spacial score (nSPS) is 12.5. The van der Waals surface area contributed by atoms with Gasteiger partial charge < -0.3 is 5.32 Å². The van der Waals surface area contributed by atoms with Crippen LogP contribution in [0.15, 0.2) is 48.7 Å². The van der Waals surface area contributed by atoms with Crippen LogP contribution in [0.3, 0.4) is 0 Å². The van der Waals surface area contributed by atoms with E-state index in [1.54, 1.807) is 24.4 Å². The van der Waals surface area contributed by atoms with Crippen LogP contribution in [0.4, 0.5) is 0 Å². The summed E-state index contributed by atoms with van der Waals surface area (Å²) in [7, 11) is 0. The minimum atomic E-state index is -0.172. The average Bonchev–Trinajstić information content (AvgIpc) is 2.98. The molecule has 118 valence electrons. The summed E-state index contributed by atoms with van der Waals surface area (Å²) in [6, 6.07) is 13.0. The highest BCUT2D eigenvalue weighted by Crippen LogP contribution is 2.13. The number of nitrogens with zero attached hydrogens (tertiary/aromatic N) is 4. The maximum absolute atomic E-state index is 12.3. The second-order valence-electron chi connectivity index (χ2n) is 5.80. The Hall–Kier alpha value is -2.76. The predicted octanol–water partition coefficient (Wildman–Crippen LogP) is 2.28. The van der Waals surface area contributed by atoms with Crippen molar-refractivity contribution >= 4 is 16.9 Å². The van der Waals surface area contributed by atoms with Gasteiger partial charge in [0.15, 0.2) is 0 Å². The molecule has 0 spiro atoms. The minimum Gasteiger partial charge on any atom is -0.346 e. The molecule has 0 aliphatic carbocycles. The first-order chi connectivity index (χ1) is 11.1. The molecule has 2 aromatic heterocycles. The van der Waals surface area contributed by atoms with Gasteiger partial charge in [-0.2, -0.15) is 0 Å². The molecule has 0 aliphatic heterocycles. The van der Waals surface area contributed by atoms with Crippen LogP contribution in [0.25, 0.3) is 11.0 Å². The Morgan fingerprint density at radius 3 is 2.70 bits per heavy atom. The number of benzene rings is 1.